The zero-order valence-corrected chi connectivity index (χ0v) is 14.7. The third-order valence-corrected chi connectivity index (χ3v) is 6.69. The van der Waals surface area contributed by atoms with Crippen LogP contribution in [0.15, 0.2) is 23.1 Å². The summed E-state index contributed by atoms with van der Waals surface area (Å²) < 4.78 is 38.5. The van der Waals surface area contributed by atoms with E-state index in [1.807, 2.05) is 14.0 Å². The summed E-state index contributed by atoms with van der Waals surface area (Å²) in [7, 11) is 0.131. The molecule has 2 saturated heterocycles. The maximum absolute atomic E-state index is 12.9. The summed E-state index contributed by atoms with van der Waals surface area (Å²) in [4.78, 5) is 2.53. The predicted molar refractivity (Wildman–Crippen MR) is 87.3 cm³/mol. The van der Waals surface area contributed by atoms with Crippen LogP contribution in [0.4, 0.5) is 0 Å². The van der Waals surface area contributed by atoms with Gasteiger partial charge in [0.25, 0.3) is 0 Å². The molecule has 0 radical (unpaired) electrons. The quantitative estimate of drug-likeness (QED) is 0.825. The summed E-state index contributed by atoms with van der Waals surface area (Å²) in [6.45, 7) is 4.41. The van der Waals surface area contributed by atoms with Gasteiger partial charge in [-0.3, -0.25) is 4.90 Å². The molecule has 0 unspecified atom stereocenters. The Hall–Kier alpha value is -1.15. The molecule has 2 atom stereocenters. The molecule has 0 aromatic heterocycles. The Morgan fingerprint density at radius 3 is 2.78 bits per heavy atom. The highest BCUT2D eigenvalue weighted by Gasteiger charge is 2.39. The highest BCUT2D eigenvalue weighted by Crippen LogP contribution is 2.28. The summed E-state index contributed by atoms with van der Waals surface area (Å²) in [6, 6.07) is 5.15. The number of sulfonamides is 1. The van der Waals surface area contributed by atoms with Crippen LogP contribution in [-0.2, 0) is 14.8 Å². The second-order valence-electron chi connectivity index (χ2n) is 6.24. The summed E-state index contributed by atoms with van der Waals surface area (Å²) in [5.41, 5.74) is 0.821. The van der Waals surface area contributed by atoms with Crippen molar-refractivity contribution in [2.75, 3.05) is 40.4 Å². The van der Waals surface area contributed by atoms with Gasteiger partial charge in [0, 0.05) is 25.7 Å². The number of benzene rings is 1. The maximum Gasteiger partial charge on any atom is 0.243 e. The number of hydrogen-bond donors (Lipinski definition) is 0. The first-order valence-electron chi connectivity index (χ1n) is 7.90. The molecule has 3 rings (SSSR count). The predicted octanol–water partition coefficient (Wildman–Crippen LogP) is 1.10. The number of hydrogen-bond acceptors (Lipinski definition) is 5. The van der Waals surface area contributed by atoms with E-state index in [1.165, 1.54) is 0 Å². The zero-order chi connectivity index (χ0) is 16.6. The average molecular weight is 340 g/mol. The molecule has 0 amide bonds. The second kappa shape index (κ2) is 6.39. The number of fused-ring (bicyclic) bond motifs is 1. The minimum atomic E-state index is -3.49. The first kappa shape index (κ1) is 16.7. The van der Waals surface area contributed by atoms with Crippen molar-refractivity contribution >= 4 is 10.0 Å². The van der Waals surface area contributed by atoms with Crippen LogP contribution in [0.5, 0.6) is 5.75 Å². The minimum absolute atomic E-state index is 0.131. The van der Waals surface area contributed by atoms with Crippen molar-refractivity contribution in [3.8, 4) is 5.75 Å². The van der Waals surface area contributed by atoms with Crippen molar-refractivity contribution in [2.24, 2.45) is 0 Å². The molecule has 1 aromatic carbocycles. The number of rotatable bonds is 3. The molecule has 0 aliphatic carbocycles. The summed E-state index contributed by atoms with van der Waals surface area (Å²) >= 11 is 0. The highest BCUT2D eigenvalue weighted by atomic mass is 32.2. The number of morpholine rings is 1. The lowest BCUT2D eigenvalue weighted by molar-refractivity contribution is -0.0840. The van der Waals surface area contributed by atoms with E-state index in [0.717, 1.165) is 25.1 Å². The Balaban J connectivity index is 1.84. The fraction of sp³-hybridized carbons (Fsp3) is 0.625. The number of methoxy groups -OCH3 is 1. The van der Waals surface area contributed by atoms with Crippen molar-refractivity contribution < 1.29 is 17.9 Å². The van der Waals surface area contributed by atoms with Gasteiger partial charge >= 0.3 is 0 Å². The van der Waals surface area contributed by atoms with Crippen LogP contribution in [0.25, 0.3) is 0 Å². The lowest BCUT2D eigenvalue weighted by Gasteiger charge is -2.45. The third-order valence-electron chi connectivity index (χ3n) is 4.83. The van der Waals surface area contributed by atoms with Gasteiger partial charge in [-0.25, -0.2) is 8.42 Å². The van der Waals surface area contributed by atoms with Crippen LogP contribution in [-0.4, -0.2) is 70.2 Å². The topological polar surface area (TPSA) is 59.1 Å². The fourth-order valence-corrected chi connectivity index (χ4v) is 4.95. The zero-order valence-electron chi connectivity index (χ0n) is 13.9. The van der Waals surface area contributed by atoms with Gasteiger partial charge < -0.3 is 9.47 Å². The molecule has 0 bridgehead atoms. The third kappa shape index (κ3) is 3.10. The number of ether oxygens (including phenoxy) is 2. The van der Waals surface area contributed by atoms with E-state index in [0.29, 0.717) is 23.7 Å². The normalized spacial score (nSPS) is 26.7. The summed E-state index contributed by atoms with van der Waals surface area (Å²) in [6.07, 6.45) is 0.876. The number of piperidine rings is 1. The first-order chi connectivity index (χ1) is 10.9. The van der Waals surface area contributed by atoms with Gasteiger partial charge in [-0.1, -0.05) is 0 Å². The Bertz CT molecular complexity index is 677. The lowest BCUT2D eigenvalue weighted by Crippen LogP contribution is -2.59. The monoisotopic (exact) mass is 340 g/mol. The molecule has 7 heteroatoms. The summed E-state index contributed by atoms with van der Waals surface area (Å²) in [5.74, 6) is 0.697. The van der Waals surface area contributed by atoms with E-state index in [9.17, 15) is 8.42 Å². The van der Waals surface area contributed by atoms with E-state index < -0.39 is 10.0 Å². The van der Waals surface area contributed by atoms with Gasteiger partial charge in [0.2, 0.25) is 10.0 Å². The molecule has 23 heavy (non-hydrogen) atoms. The standard InChI is InChI=1S/C16H24N2O4S/c1-12-10-13(4-5-15(12)21-3)23(19,20)18-7-6-16-14(11-18)17(2)8-9-22-16/h4-5,10,14,16H,6-9,11H2,1-3H3/t14-,16+/m1/s1. The van der Waals surface area contributed by atoms with Crippen LogP contribution >= 0.6 is 0 Å². The van der Waals surface area contributed by atoms with Crippen LogP contribution < -0.4 is 4.74 Å². The molecule has 128 valence electrons. The van der Waals surface area contributed by atoms with Gasteiger partial charge in [0.05, 0.1) is 24.7 Å². The molecule has 2 aliphatic rings. The minimum Gasteiger partial charge on any atom is -0.496 e. The molecule has 0 N–H and O–H groups in total. The molecular weight excluding hydrogens is 316 g/mol. The Kier molecular flexibility index (Phi) is 4.64. The van der Waals surface area contributed by atoms with Crippen LogP contribution in [0, 0.1) is 6.92 Å². The summed E-state index contributed by atoms with van der Waals surface area (Å²) in [5, 5.41) is 0. The van der Waals surface area contributed by atoms with Crippen LogP contribution in [0.3, 0.4) is 0 Å². The SMILES string of the molecule is COc1ccc(S(=O)(=O)N2CC[C@@H]3OCCN(C)[C@@H]3C2)cc1C. The average Bonchev–Trinajstić information content (AvgIpc) is 2.54. The molecular formula is C16H24N2O4S. The van der Waals surface area contributed by atoms with Crippen molar-refractivity contribution in [2.45, 2.75) is 30.4 Å². The molecule has 2 fully saturated rings. The van der Waals surface area contributed by atoms with Gasteiger partial charge in [-0.2, -0.15) is 4.31 Å². The highest BCUT2D eigenvalue weighted by molar-refractivity contribution is 7.89. The van der Waals surface area contributed by atoms with E-state index in [1.54, 1.807) is 29.6 Å². The Morgan fingerprint density at radius 2 is 2.09 bits per heavy atom. The lowest BCUT2D eigenvalue weighted by atomic mass is 10.0. The molecule has 2 heterocycles. The van der Waals surface area contributed by atoms with E-state index >= 15 is 0 Å². The van der Waals surface area contributed by atoms with E-state index in [-0.39, 0.29) is 12.1 Å². The van der Waals surface area contributed by atoms with Gasteiger partial charge in [-0.15, -0.1) is 0 Å². The molecule has 0 spiro atoms. The smallest absolute Gasteiger partial charge is 0.243 e. The first-order valence-corrected chi connectivity index (χ1v) is 9.34. The van der Waals surface area contributed by atoms with E-state index in [2.05, 4.69) is 4.90 Å². The fourth-order valence-electron chi connectivity index (χ4n) is 3.39. The number of likely N-dealkylation sites (N-methyl/N-ethyl adjacent to an activating group) is 1. The molecule has 6 nitrogen and oxygen atoms in total. The van der Waals surface area contributed by atoms with Gasteiger partial charge in [0.15, 0.2) is 0 Å². The largest absolute Gasteiger partial charge is 0.496 e. The number of aryl methyl sites for hydroxylation is 1. The maximum atomic E-state index is 12.9. The van der Waals surface area contributed by atoms with Crippen LogP contribution in [0.1, 0.15) is 12.0 Å². The number of nitrogens with zero attached hydrogens (tertiary/aromatic N) is 2. The Labute approximate surface area is 138 Å². The van der Waals surface area contributed by atoms with Crippen LogP contribution in [0.2, 0.25) is 0 Å². The molecule has 0 saturated carbocycles. The van der Waals surface area contributed by atoms with Crippen molar-refractivity contribution in [1.82, 2.24) is 9.21 Å². The Morgan fingerprint density at radius 1 is 1.30 bits per heavy atom. The van der Waals surface area contributed by atoms with Crippen molar-refractivity contribution in [3.63, 3.8) is 0 Å². The van der Waals surface area contributed by atoms with Crippen molar-refractivity contribution in [1.29, 1.82) is 0 Å². The van der Waals surface area contributed by atoms with E-state index in [4.69, 9.17) is 9.47 Å². The van der Waals surface area contributed by atoms with Gasteiger partial charge in [-0.05, 0) is 44.2 Å². The second-order valence-corrected chi connectivity index (χ2v) is 8.18. The van der Waals surface area contributed by atoms with Gasteiger partial charge in [0.1, 0.15) is 5.75 Å². The van der Waals surface area contributed by atoms with Crippen molar-refractivity contribution in [3.05, 3.63) is 23.8 Å². The molecule has 1 aromatic rings. The molecule has 2 aliphatic heterocycles.